The van der Waals surface area contributed by atoms with Crippen LogP contribution in [-0.2, 0) is 0 Å². The SMILES string of the molecule is C[C@]12CCCCC1=N[C@H](c1ccccc1O)N2O. The summed E-state index contributed by atoms with van der Waals surface area (Å²) in [7, 11) is 0. The fraction of sp³-hybridized carbons (Fsp3) is 0.500. The first-order valence-electron chi connectivity index (χ1n) is 6.46. The van der Waals surface area contributed by atoms with E-state index in [9.17, 15) is 10.3 Å². The number of benzene rings is 1. The lowest BCUT2D eigenvalue weighted by Gasteiger charge is -2.36. The molecule has 1 aromatic rings. The predicted octanol–water partition coefficient (Wildman–Crippen LogP) is 2.87. The molecule has 96 valence electrons. The topological polar surface area (TPSA) is 56.1 Å². The zero-order valence-corrected chi connectivity index (χ0v) is 10.5. The van der Waals surface area contributed by atoms with Gasteiger partial charge in [0.05, 0.1) is 5.54 Å². The molecule has 0 unspecified atom stereocenters. The predicted molar refractivity (Wildman–Crippen MR) is 68.8 cm³/mol. The van der Waals surface area contributed by atoms with Gasteiger partial charge in [0.25, 0.3) is 0 Å². The fourth-order valence-corrected chi connectivity index (χ4v) is 3.00. The highest BCUT2D eigenvalue weighted by atomic mass is 16.5. The van der Waals surface area contributed by atoms with Crippen LogP contribution in [-0.4, -0.2) is 26.6 Å². The summed E-state index contributed by atoms with van der Waals surface area (Å²) < 4.78 is 0. The number of para-hydroxylation sites is 1. The Bertz CT molecular complexity index is 500. The van der Waals surface area contributed by atoms with Crippen molar-refractivity contribution in [1.29, 1.82) is 0 Å². The van der Waals surface area contributed by atoms with Crippen molar-refractivity contribution in [2.45, 2.75) is 44.3 Å². The van der Waals surface area contributed by atoms with Gasteiger partial charge in [-0.15, -0.1) is 0 Å². The Morgan fingerprint density at radius 3 is 2.83 bits per heavy atom. The van der Waals surface area contributed by atoms with Crippen LogP contribution < -0.4 is 0 Å². The summed E-state index contributed by atoms with van der Waals surface area (Å²) >= 11 is 0. The van der Waals surface area contributed by atoms with Gasteiger partial charge < -0.3 is 10.3 Å². The lowest BCUT2D eigenvalue weighted by molar-refractivity contribution is -0.168. The summed E-state index contributed by atoms with van der Waals surface area (Å²) in [5.41, 5.74) is 1.37. The van der Waals surface area contributed by atoms with E-state index < -0.39 is 6.17 Å². The van der Waals surface area contributed by atoms with Crippen LogP contribution in [0.1, 0.15) is 44.3 Å². The van der Waals surface area contributed by atoms with Crippen molar-refractivity contribution in [2.24, 2.45) is 4.99 Å². The number of phenolic OH excluding ortho intramolecular Hbond substituents is 1. The van der Waals surface area contributed by atoms with Crippen LogP contribution in [0.2, 0.25) is 0 Å². The Kier molecular flexibility index (Phi) is 2.64. The van der Waals surface area contributed by atoms with Gasteiger partial charge in [-0.25, -0.2) is 0 Å². The molecule has 2 N–H and O–H groups in total. The van der Waals surface area contributed by atoms with Crippen LogP contribution in [0.25, 0.3) is 0 Å². The molecule has 1 aromatic carbocycles. The zero-order valence-electron chi connectivity index (χ0n) is 10.5. The highest BCUT2D eigenvalue weighted by molar-refractivity contribution is 5.95. The van der Waals surface area contributed by atoms with E-state index >= 15 is 0 Å². The Hall–Kier alpha value is -1.39. The zero-order chi connectivity index (χ0) is 12.8. The molecule has 2 aliphatic rings. The first kappa shape index (κ1) is 11.7. The van der Waals surface area contributed by atoms with Crippen LogP contribution in [0.3, 0.4) is 0 Å². The molecule has 0 bridgehead atoms. The van der Waals surface area contributed by atoms with Gasteiger partial charge in [0.15, 0.2) is 6.17 Å². The van der Waals surface area contributed by atoms with E-state index in [1.54, 1.807) is 12.1 Å². The van der Waals surface area contributed by atoms with Crippen molar-refractivity contribution >= 4 is 5.71 Å². The molecule has 1 heterocycles. The van der Waals surface area contributed by atoms with E-state index in [0.29, 0.717) is 5.56 Å². The normalized spacial score (nSPS) is 32.1. The van der Waals surface area contributed by atoms with Gasteiger partial charge >= 0.3 is 0 Å². The Morgan fingerprint density at radius 1 is 1.33 bits per heavy atom. The van der Waals surface area contributed by atoms with E-state index in [4.69, 9.17) is 0 Å². The number of aliphatic imine (C=N–C) groups is 1. The second-order valence-electron chi connectivity index (χ2n) is 5.33. The molecule has 0 radical (unpaired) electrons. The summed E-state index contributed by atoms with van der Waals surface area (Å²) in [6, 6.07) is 7.08. The van der Waals surface area contributed by atoms with E-state index in [1.165, 1.54) is 5.06 Å². The van der Waals surface area contributed by atoms with Gasteiger partial charge in [-0.05, 0) is 32.3 Å². The van der Waals surface area contributed by atoms with Crippen molar-refractivity contribution in [3.05, 3.63) is 29.8 Å². The van der Waals surface area contributed by atoms with E-state index in [-0.39, 0.29) is 11.3 Å². The second kappa shape index (κ2) is 4.07. The highest BCUT2D eigenvalue weighted by Gasteiger charge is 2.47. The third-order valence-corrected chi connectivity index (χ3v) is 4.18. The minimum absolute atomic E-state index is 0.188. The van der Waals surface area contributed by atoms with Crippen molar-refractivity contribution in [2.75, 3.05) is 0 Å². The number of fused-ring (bicyclic) bond motifs is 1. The summed E-state index contributed by atoms with van der Waals surface area (Å²) in [4.78, 5) is 4.63. The lowest BCUT2D eigenvalue weighted by Crippen LogP contribution is -2.48. The van der Waals surface area contributed by atoms with E-state index in [1.807, 2.05) is 19.1 Å². The van der Waals surface area contributed by atoms with E-state index in [2.05, 4.69) is 4.99 Å². The molecule has 0 aromatic heterocycles. The van der Waals surface area contributed by atoms with Gasteiger partial charge in [-0.2, -0.15) is 5.06 Å². The molecule has 18 heavy (non-hydrogen) atoms. The summed E-state index contributed by atoms with van der Waals surface area (Å²) in [6.45, 7) is 2.03. The first-order chi connectivity index (χ1) is 8.63. The molecule has 1 aliphatic carbocycles. The standard InChI is InChI=1S/C14H18N2O2/c1-14-9-5-4-8-12(14)15-13(16(14)18)10-6-2-3-7-11(10)17/h2-3,6-7,13,17-18H,4-5,8-9H2,1H3/t13-,14-/m0/s1. The molecule has 2 atom stereocenters. The molecule has 0 spiro atoms. The first-order valence-corrected chi connectivity index (χ1v) is 6.46. The molecule has 3 rings (SSSR count). The average molecular weight is 246 g/mol. The number of phenols is 1. The van der Waals surface area contributed by atoms with Crippen LogP contribution in [0.5, 0.6) is 5.75 Å². The minimum Gasteiger partial charge on any atom is -0.508 e. The van der Waals surface area contributed by atoms with Crippen LogP contribution in [0.15, 0.2) is 29.3 Å². The summed E-state index contributed by atoms with van der Waals surface area (Å²) in [5.74, 6) is 0.188. The Balaban J connectivity index is 2.01. The van der Waals surface area contributed by atoms with Gasteiger partial charge in [0, 0.05) is 11.3 Å². The maximum Gasteiger partial charge on any atom is 0.154 e. The molecular weight excluding hydrogens is 228 g/mol. The highest BCUT2D eigenvalue weighted by Crippen LogP contribution is 2.44. The van der Waals surface area contributed by atoms with Crippen molar-refractivity contribution in [1.82, 2.24) is 5.06 Å². The van der Waals surface area contributed by atoms with Crippen molar-refractivity contribution < 1.29 is 10.3 Å². The molecular formula is C14H18N2O2. The molecule has 4 nitrogen and oxygen atoms in total. The number of hydrogen-bond acceptors (Lipinski definition) is 4. The third-order valence-electron chi connectivity index (χ3n) is 4.18. The van der Waals surface area contributed by atoms with Gasteiger partial charge in [0.2, 0.25) is 0 Å². The molecule has 1 aliphatic heterocycles. The molecule has 0 amide bonds. The number of hydrogen-bond donors (Lipinski definition) is 2. The molecule has 0 saturated heterocycles. The Morgan fingerprint density at radius 2 is 2.11 bits per heavy atom. The number of hydroxylamine groups is 2. The van der Waals surface area contributed by atoms with E-state index in [0.717, 1.165) is 31.4 Å². The number of aromatic hydroxyl groups is 1. The molecule has 1 saturated carbocycles. The molecule has 4 heteroatoms. The average Bonchev–Trinajstić information content (AvgIpc) is 2.63. The van der Waals surface area contributed by atoms with Crippen LogP contribution in [0, 0.1) is 0 Å². The number of rotatable bonds is 1. The van der Waals surface area contributed by atoms with Gasteiger partial charge in [0.1, 0.15) is 5.75 Å². The van der Waals surface area contributed by atoms with Crippen molar-refractivity contribution in [3.8, 4) is 5.75 Å². The molecule has 1 fully saturated rings. The second-order valence-corrected chi connectivity index (χ2v) is 5.33. The minimum atomic E-state index is -0.468. The maximum atomic E-state index is 10.4. The lowest BCUT2D eigenvalue weighted by atomic mass is 9.82. The monoisotopic (exact) mass is 246 g/mol. The van der Waals surface area contributed by atoms with Gasteiger partial charge in [-0.3, -0.25) is 4.99 Å². The van der Waals surface area contributed by atoms with Crippen LogP contribution >= 0.6 is 0 Å². The smallest absolute Gasteiger partial charge is 0.154 e. The van der Waals surface area contributed by atoms with Crippen LogP contribution in [0.4, 0.5) is 0 Å². The summed E-state index contributed by atoms with van der Waals surface area (Å²) in [5, 5.41) is 21.6. The van der Waals surface area contributed by atoms with Crippen molar-refractivity contribution in [3.63, 3.8) is 0 Å². The summed E-state index contributed by atoms with van der Waals surface area (Å²) in [6.07, 6.45) is 3.64. The number of nitrogens with zero attached hydrogens (tertiary/aromatic N) is 2. The Labute approximate surface area is 107 Å². The van der Waals surface area contributed by atoms with Gasteiger partial charge in [-0.1, -0.05) is 24.6 Å². The third kappa shape index (κ3) is 1.56. The fourth-order valence-electron chi connectivity index (χ4n) is 3.00. The largest absolute Gasteiger partial charge is 0.508 e. The maximum absolute atomic E-state index is 10.4. The quantitative estimate of drug-likeness (QED) is 0.801.